The van der Waals surface area contributed by atoms with Crippen molar-refractivity contribution in [2.75, 3.05) is 0 Å². The molecule has 6 nitrogen and oxygen atoms in total. The summed E-state index contributed by atoms with van der Waals surface area (Å²) in [6, 6.07) is 6.04. The van der Waals surface area contributed by atoms with Gasteiger partial charge in [0.15, 0.2) is 5.75 Å². The monoisotopic (exact) mass is 251 g/mol. The van der Waals surface area contributed by atoms with Crippen molar-refractivity contribution in [1.82, 2.24) is 0 Å². The summed E-state index contributed by atoms with van der Waals surface area (Å²) in [6.07, 6.45) is 1.99. The number of hydrogen-bond acceptors (Lipinski definition) is 4. The first-order valence-corrected chi connectivity index (χ1v) is 5.67. The molecule has 0 radical (unpaired) electrons. The van der Waals surface area contributed by atoms with E-state index in [1.165, 1.54) is 12.1 Å². The number of ether oxygens (including phenoxy) is 1. The molecule has 0 saturated heterocycles. The number of carbonyl (C=O) groups is 1. The van der Waals surface area contributed by atoms with Crippen LogP contribution in [0.4, 0.5) is 5.69 Å². The number of rotatable bonds is 5. The first kappa shape index (κ1) is 12.3. The Morgan fingerprint density at radius 2 is 2.11 bits per heavy atom. The second-order valence-corrected chi connectivity index (χ2v) is 4.43. The van der Waals surface area contributed by atoms with Gasteiger partial charge in [0, 0.05) is 6.07 Å². The molecule has 0 bridgehead atoms. The number of para-hydroxylation sites is 2. The SMILES string of the molecule is O=C(O)CC1(Oc2ccccc2[N+](=O)[O-])CCC1. The van der Waals surface area contributed by atoms with Gasteiger partial charge in [0.2, 0.25) is 0 Å². The minimum Gasteiger partial charge on any atom is -0.481 e. The smallest absolute Gasteiger partial charge is 0.310 e. The molecule has 0 heterocycles. The molecule has 96 valence electrons. The molecule has 1 aliphatic rings. The van der Waals surface area contributed by atoms with E-state index >= 15 is 0 Å². The molecule has 0 spiro atoms. The zero-order valence-corrected chi connectivity index (χ0v) is 9.67. The van der Waals surface area contributed by atoms with Crippen molar-refractivity contribution in [2.45, 2.75) is 31.3 Å². The van der Waals surface area contributed by atoms with Crippen LogP contribution in [0.3, 0.4) is 0 Å². The summed E-state index contributed by atoms with van der Waals surface area (Å²) in [6.45, 7) is 0. The number of nitro benzene ring substituents is 1. The maximum absolute atomic E-state index is 10.8. The Labute approximate surface area is 103 Å². The number of nitrogens with zero attached hydrogens (tertiary/aromatic N) is 1. The fraction of sp³-hybridized carbons (Fsp3) is 0.417. The molecule has 0 aliphatic heterocycles. The minimum atomic E-state index is -0.951. The first-order chi connectivity index (χ1) is 8.52. The van der Waals surface area contributed by atoms with E-state index in [9.17, 15) is 14.9 Å². The van der Waals surface area contributed by atoms with Crippen LogP contribution in [-0.2, 0) is 4.79 Å². The largest absolute Gasteiger partial charge is 0.481 e. The number of carboxylic acids is 1. The molecule has 1 N–H and O–H groups in total. The molecule has 1 aliphatic carbocycles. The van der Waals surface area contributed by atoms with Gasteiger partial charge >= 0.3 is 11.7 Å². The number of nitro groups is 1. The summed E-state index contributed by atoms with van der Waals surface area (Å²) in [5.41, 5.74) is -0.910. The van der Waals surface area contributed by atoms with E-state index < -0.39 is 16.5 Å². The van der Waals surface area contributed by atoms with Gasteiger partial charge in [-0.3, -0.25) is 14.9 Å². The van der Waals surface area contributed by atoms with Crippen LogP contribution in [0, 0.1) is 10.1 Å². The van der Waals surface area contributed by atoms with Crippen LogP contribution >= 0.6 is 0 Å². The Morgan fingerprint density at radius 3 is 2.61 bits per heavy atom. The molecule has 0 atom stereocenters. The highest BCUT2D eigenvalue weighted by Gasteiger charge is 2.42. The van der Waals surface area contributed by atoms with Gasteiger partial charge in [0.25, 0.3) is 0 Å². The van der Waals surface area contributed by atoms with Crippen molar-refractivity contribution >= 4 is 11.7 Å². The molecular formula is C12H13NO5. The van der Waals surface area contributed by atoms with Crippen LogP contribution in [0.25, 0.3) is 0 Å². The third-order valence-corrected chi connectivity index (χ3v) is 3.13. The van der Waals surface area contributed by atoms with Crippen LogP contribution in [0.5, 0.6) is 5.75 Å². The third-order valence-electron chi connectivity index (χ3n) is 3.13. The Morgan fingerprint density at radius 1 is 1.44 bits per heavy atom. The highest BCUT2D eigenvalue weighted by atomic mass is 16.6. The molecule has 2 rings (SSSR count). The fourth-order valence-corrected chi connectivity index (χ4v) is 2.09. The van der Waals surface area contributed by atoms with E-state index in [0.717, 1.165) is 6.42 Å². The normalized spacial score (nSPS) is 16.7. The van der Waals surface area contributed by atoms with Gasteiger partial charge in [-0.15, -0.1) is 0 Å². The second kappa shape index (κ2) is 4.64. The number of carboxylic acid groups (broad SMARTS) is 1. The predicted octanol–water partition coefficient (Wildman–Crippen LogP) is 2.37. The summed E-state index contributed by atoms with van der Waals surface area (Å²) in [5.74, 6) is -0.809. The summed E-state index contributed by atoms with van der Waals surface area (Å²) < 4.78 is 5.62. The standard InChI is InChI=1S/C12H13NO5/c14-11(15)8-12(6-3-7-12)18-10-5-2-1-4-9(10)13(16)17/h1-2,4-5H,3,6-8H2,(H,14,15). The van der Waals surface area contributed by atoms with E-state index in [4.69, 9.17) is 9.84 Å². The molecule has 6 heteroatoms. The van der Waals surface area contributed by atoms with Crippen LogP contribution in [0.2, 0.25) is 0 Å². The topological polar surface area (TPSA) is 89.7 Å². The molecule has 1 aromatic rings. The molecule has 18 heavy (non-hydrogen) atoms. The van der Waals surface area contributed by atoms with E-state index in [1.54, 1.807) is 12.1 Å². The lowest BCUT2D eigenvalue weighted by Gasteiger charge is -2.40. The van der Waals surface area contributed by atoms with Crippen LogP contribution in [-0.4, -0.2) is 21.6 Å². The van der Waals surface area contributed by atoms with Crippen molar-refractivity contribution in [1.29, 1.82) is 0 Å². The van der Waals surface area contributed by atoms with E-state index in [1.807, 2.05) is 0 Å². The average Bonchev–Trinajstić information content (AvgIpc) is 2.26. The predicted molar refractivity (Wildman–Crippen MR) is 62.6 cm³/mol. The Bertz CT molecular complexity index is 481. The summed E-state index contributed by atoms with van der Waals surface area (Å²) in [5, 5.41) is 19.7. The zero-order chi connectivity index (χ0) is 13.2. The number of hydrogen-bond donors (Lipinski definition) is 1. The van der Waals surface area contributed by atoms with Crippen LogP contribution in [0.15, 0.2) is 24.3 Å². The van der Waals surface area contributed by atoms with Crippen molar-refractivity contribution in [2.24, 2.45) is 0 Å². The molecule has 0 amide bonds. The summed E-state index contributed by atoms with van der Waals surface area (Å²) in [4.78, 5) is 21.1. The van der Waals surface area contributed by atoms with Crippen LogP contribution in [0.1, 0.15) is 25.7 Å². The van der Waals surface area contributed by atoms with Crippen molar-refractivity contribution < 1.29 is 19.6 Å². The van der Waals surface area contributed by atoms with Gasteiger partial charge in [-0.05, 0) is 25.3 Å². The van der Waals surface area contributed by atoms with Gasteiger partial charge in [-0.2, -0.15) is 0 Å². The van der Waals surface area contributed by atoms with Gasteiger partial charge in [0.1, 0.15) is 5.60 Å². The maximum atomic E-state index is 10.8. The molecule has 0 aromatic heterocycles. The summed E-state index contributed by atoms with van der Waals surface area (Å²) in [7, 11) is 0. The van der Waals surface area contributed by atoms with Gasteiger partial charge in [0.05, 0.1) is 11.3 Å². The molecular weight excluding hydrogens is 238 g/mol. The number of benzene rings is 1. The number of aliphatic carboxylic acids is 1. The highest BCUT2D eigenvalue weighted by molar-refractivity contribution is 5.68. The molecule has 1 fully saturated rings. The minimum absolute atomic E-state index is 0.126. The lowest BCUT2D eigenvalue weighted by molar-refractivity contribution is -0.386. The lowest BCUT2D eigenvalue weighted by atomic mass is 9.77. The average molecular weight is 251 g/mol. The second-order valence-electron chi connectivity index (χ2n) is 4.43. The quantitative estimate of drug-likeness (QED) is 0.640. The Hall–Kier alpha value is -2.11. The Balaban J connectivity index is 2.22. The molecule has 0 unspecified atom stereocenters. The third kappa shape index (κ3) is 2.42. The van der Waals surface area contributed by atoms with E-state index in [2.05, 4.69) is 0 Å². The van der Waals surface area contributed by atoms with Crippen molar-refractivity contribution in [3.8, 4) is 5.75 Å². The van der Waals surface area contributed by atoms with Crippen molar-refractivity contribution in [3.63, 3.8) is 0 Å². The van der Waals surface area contributed by atoms with Gasteiger partial charge in [-0.25, -0.2) is 0 Å². The molecule has 1 aromatic carbocycles. The Kier molecular flexibility index (Phi) is 3.18. The summed E-state index contributed by atoms with van der Waals surface area (Å²) >= 11 is 0. The highest BCUT2D eigenvalue weighted by Crippen LogP contribution is 2.41. The van der Waals surface area contributed by atoms with E-state index in [-0.39, 0.29) is 17.9 Å². The van der Waals surface area contributed by atoms with Crippen molar-refractivity contribution in [3.05, 3.63) is 34.4 Å². The fourth-order valence-electron chi connectivity index (χ4n) is 2.09. The van der Waals surface area contributed by atoms with Gasteiger partial charge < -0.3 is 9.84 Å². The zero-order valence-electron chi connectivity index (χ0n) is 9.67. The molecule has 1 saturated carbocycles. The van der Waals surface area contributed by atoms with Crippen LogP contribution < -0.4 is 4.74 Å². The van der Waals surface area contributed by atoms with E-state index in [0.29, 0.717) is 12.8 Å². The maximum Gasteiger partial charge on any atom is 0.310 e. The van der Waals surface area contributed by atoms with Gasteiger partial charge in [-0.1, -0.05) is 12.1 Å². The first-order valence-electron chi connectivity index (χ1n) is 5.67. The lowest BCUT2D eigenvalue weighted by Crippen LogP contribution is -2.45.